The van der Waals surface area contributed by atoms with E-state index in [0.29, 0.717) is 13.1 Å². The van der Waals surface area contributed by atoms with Crippen LogP contribution in [0.4, 0.5) is 0 Å². The van der Waals surface area contributed by atoms with Gasteiger partial charge in [-0.1, -0.05) is 34.6 Å². The minimum atomic E-state index is -1.14. The summed E-state index contributed by atoms with van der Waals surface area (Å²) in [6, 6.07) is 2.03. The Bertz CT molecular complexity index is 1270. The standard InChI is InChI=1S/C31H46N6O8/c1-18(2)25(22(38)16-23(39)32-17-24(40)37-14-12-36(7)13-15-37)34-27(41)19(3)33-29(43)26(31(4,5)6)35-28(42)20-8-10-21(11-9-20)30(44)45/h8-11,18-19,25-26H,12-17H2,1-7H3,(H,32,39)(H,33,43)(H,34,41)(H,35,42)(H,44,45)/t19-,25-,26+/m0/s1. The number of nitrogens with zero attached hydrogens (tertiary/aromatic N) is 2. The largest absolute Gasteiger partial charge is 0.478 e. The summed E-state index contributed by atoms with van der Waals surface area (Å²) in [5.41, 5.74) is -0.613. The third-order valence-electron chi connectivity index (χ3n) is 7.49. The van der Waals surface area contributed by atoms with Crippen molar-refractivity contribution in [3.63, 3.8) is 0 Å². The number of carboxylic acid groups (broad SMARTS) is 1. The molecule has 5 N–H and O–H groups in total. The number of nitrogens with one attached hydrogen (secondary N) is 4. The van der Waals surface area contributed by atoms with Crippen LogP contribution >= 0.6 is 0 Å². The number of rotatable bonds is 13. The summed E-state index contributed by atoms with van der Waals surface area (Å²) in [6.07, 6.45) is -0.536. The van der Waals surface area contributed by atoms with Crippen molar-refractivity contribution in [3.8, 4) is 0 Å². The van der Waals surface area contributed by atoms with Gasteiger partial charge in [0, 0.05) is 31.7 Å². The van der Waals surface area contributed by atoms with Gasteiger partial charge in [0.2, 0.25) is 23.6 Å². The quantitative estimate of drug-likeness (QED) is 0.187. The van der Waals surface area contributed by atoms with Crippen LogP contribution in [0.2, 0.25) is 0 Å². The number of carbonyl (C=O) groups is 7. The number of likely N-dealkylation sites (N-methyl/N-ethyl adjacent to an activating group) is 1. The van der Waals surface area contributed by atoms with E-state index in [9.17, 15) is 33.6 Å². The molecule has 0 unspecified atom stereocenters. The van der Waals surface area contributed by atoms with Crippen molar-refractivity contribution in [1.82, 2.24) is 31.1 Å². The molecular weight excluding hydrogens is 584 g/mol. The maximum atomic E-state index is 13.2. The van der Waals surface area contributed by atoms with Gasteiger partial charge in [0.1, 0.15) is 12.1 Å². The fraction of sp³-hybridized carbons (Fsp3) is 0.581. The molecule has 1 saturated heterocycles. The molecule has 0 bridgehead atoms. The monoisotopic (exact) mass is 630 g/mol. The van der Waals surface area contributed by atoms with Gasteiger partial charge in [-0.25, -0.2) is 4.79 Å². The number of hydrogen-bond donors (Lipinski definition) is 5. The predicted octanol–water partition coefficient (Wildman–Crippen LogP) is 0.0242. The summed E-state index contributed by atoms with van der Waals surface area (Å²) >= 11 is 0. The lowest BCUT2D eigenvalue weighted by atomic mass is 9.85. The highest BCUT2D eigenvalue weighted by Gasteiger charge is 2.35. The zero-order chi connectivity index (χ0) is 34.1. The number of carboxylic acids is 1. The summed E-state index contributed by atoms with van der Waals surface area (Å²) in [6.45, 7) is 12.4. The van der Waals surface area contributed by atoms with Gasteiger partial charge in [-0.15, -0.1) is 0 Å². The summed E-state index contributed by atoms with van der Waals surface area (Å²) in [7, 11) is 1.96. The highest BCUT2D eigenvalue weighted by molar-refractivity contribution is 6.03. The number of aromatic carboxylic acids is 1. The molecule has 1 aliphatic heterocycles. The maximum Gasteiger partial charge on any atom is 0.335 e. The van der Waals surface area contributed by atoms with Crippen molar-refractivity contribution in [2.24, 2.45) is 11.3 Å². The number of hydrogen-bond acceptors (Lipinski definition) is 8. The van der Waals surface area contributed by atoms with Gasteiger partial charge in [0.15, 0.2) is 5.78 Å². The number of benzene rings is 1. The Morgan fingerprint density at radius 1 is 0.822 bits per heavy atom. The third kappa shape index (κ3) is 11.3. The van der Waals surface area contributed by atoms with Crippen LogP contribution in [0.1, 0.15) is 68.7 Å². The van der Waals surface area contributed by atoms with Crippen LogP contribution in [0, 0.1) is 11.3 Å². The minimum Gasteiger partial charge on any atom is -0.478 e. The van der Waals surface area contributed by atoms with E-state index < -0.39 is 65.3 Å². The summed E-state index contributed by atoms with van der Waals surface area (Å²) in [5.74, 6) is -4.84. The fourth-order valence-corrected chi connectivity index (χ4v) is 4.59. The molecule has 0 spiro atoms. The molecule has 2 rings (SSSR count). The van der Waals surface area contributed by atoms with Gasteiger partial charge in [-0.3, -0.25) is 28.8 Å². The van der Waals surface area contributed by atoms with Crippen molar-refractivity contribution in [3.05, 3.63) is 35.4 Å². The molecule has 0 radical (unpaired) electrons. The van der Waals surface area contributed by atoms with Crippen LogP contribution in [0.5, 0.6) is 0 Å². The topological polar surface area (TPSA) is 194 Å². The normalized spacial score (nSPS) is 15.8. The molecule has 14 heteroatoms. The third-order valence-corrected chi connectivity index (χ3v) is 7.49. The Morgan fingerprint density at radius 2 is 1.38 bits per heavy atom. The first-order valence-corrected chi connectivity index (χ1v) is 14.9. The first kappa shape index (κ1) is 36.9. The van der Waals surface area contributed by atoms with E-state index in [-0.39, 0.29) is 29.5 Å². The molecular formula is C31H46N6O8. The van der Waals surface area contributed by atoms with Gasteiger partial charge < -0.3 is 36.2 Å². The zero-order valence-electron chi connectivity index (χ0n) is 27.1. The smallest absolute Gasteiger partial charge is 0.335 e. The second-order valence-electron chi connectivity index (χ2n) is 12.7. The van der Waals surface area contributed by atoms with E-state index in [1.165, 1.54) is 31.2 Å². The lowest BCUT2D eigenvalue weighted by Gasteiger charge is -2.32. The van der Waals surface area contributed by atoms with Crippen molar-refractivity contribution in [2.75, 3.05) is 39.8 Å². The molecule has 1 aromatic carbocycles. The maximum absolute atomic E-state index is 13.2. The van der Waals surface area contributed by atoms with Gasteiger partial charge in [-0.2, -0.15) is 0 Å². The van der Waals surface area contributed by atoms with E-state index in [1.54, 1.807) is 39.5 Å². The number of ketones is 1. The van der Waals surface area contributed by atoms with Gasteiger partial charge >= 0.3 is 5.97 Å². The first-order valence-electron chi connectivity index (χ1n) is 14.9. The Hall–Kier alpha value is -4.33. The fourth-order valence-electron chi connectivity index (χ4n) is 4.59. The molecule has 1 aliphatic rings. The van der Waals surface area contributed by atoms with Crippen LogP contribution in [-0.2, 0) is 24.0 Å². The van der Waals surface area contributed by atoms with Crippen LogP contribution in [-0.4, -0.2) is 114 Å². The number of carbonyl (C=O) groups excluding carboxylic acids is 6. The average molecular weight is 631 g/mol. The van der Waals surface area contributed by atoms with Crippen LogP contribution in [0.3, 0.4) is 0 Å². The molecule has 5 amide bonds. The molecule has 0 aliphatic carbocycles. The van der Waals surface area contributed by atoms with Crippen LogP contribution in [0.25, 0.3) is 0 Å². The van der Waals surface area contributed by atoms with Crippen molar-refractivity contribution in [2.45, 2.75) is 66.1 Å². The lowest BCUT2D eigenvalue weighted by Crippen LogP contribution is -2.58. The Balaban J connectivity index is 1.96. The van der Waals surface area contributed by atoms with E-state index in [0.717, 1.165) is 13.1 Å². The van der Waals surface area contributed by atoms with Crippen LogP contribution < -0.4 is 21.3 Å². The summed E-state index contributed by atoms with van der Waals surface area (Å²) < 4.78 is 0. The zero-order valence-corrected chi connectivity index (χ0v) is 27.1. The molecule has 3 atom stereocenters. The van der Waals surface area contributed by atoms with Gasteiger partial charge in [0.25, 0.3) is 5.91 Å². The summed E-state index contributed by atoms with van der Waals surface area (Å²) in [4.78, 5) is 91.8. The number of Topliss-reactive ketones (excluding diaryl/α,β-unsaturated/α-hetero) is 1. The van der Waals surface area contributed by atoms with Crippen molar-refractivity contribution < 1.29 is 38.7 Å². The van der Waals surface area contributed by atoms with E-state index in [4.69, 9.17) is 5.11 Å². The van der Waals surface area contributed by atoms with E-state index in [2.05, 4.69) is 26.2 Å². The highest BCUT2D eigenvalue weighted by atomic mass is 16.4. The second kappa shape index (κ2) is 16.1. The average Bonchev–Trinajstić information content (AvgIpc) is 2.96. The molecule has 1 heterocycles. The van der Waals surface area contributed by atoms with Gasteiger partial charge in [0.05, 0.1) is 24.6 Å². The molecule has 0 saturated carbocycles. The van der Waals surface area contributed by atoms with E-state index >= 15 is 0 Å². The van der Waals surface area contributed by atoms with Crippen molar-refractivity contribution >= 4 is 41.3 Å². The Morgan fingerprint density at radius 3 is 1.89 bits per heavy atom. The van der Waals surface area contributed by atoms with Crippen molar-refractivity contribution in [1.29, 1.82) is 0 Å². The predicted molar refractivity (Wildman–Crippen MR) is 165 cm³/mol. The Kier molecular flexibility index (Phi) is 13.2. The highest BCUT2D eigenvalue weighted by Crippen LogP contribution is 2.20. The molecule has 14 nitrogen and oxygen atoms in total. The van der Waals surface area contributed by atoms with Gasteiger partial charge in [-0.05, 0) is 49.6 Å². The molecule has 1 aromatic rings. The number of amides is 5. The second-order valence-corrected chi connectivity index (χ2v) is 12.7. The number of piperazine rings is 1. The first-order chi connectivity index (χ1) is 20.9. The molecule has 248 valence electrons. The molecule has 0 aromatic heterocycles. The SMILES string of the molecule is CC(C)[C@H](NC(=O)[C@H](C)NC(=O)[C@@H](NC(=O)c1ccc(C(=O)O)cc1)C(C)(C)C)C(=O)CC(=O)NCC(=O)N1CCN(C)CC1. The molecule has 45 heavy (non-hydrogen) atoms. The Labute approximate surface area is 263 Å². The molecule has 1 fully saturated rings. The minimum absolute atomic E-state index is 0.00614. The lowest BCUT2D eigenvalue weighted by molar-refractivity contribution is -0.136. The summed E-state index contributed by atoms with van der Waals surface area (Å²) in [5, 5.41) is 19.4. The van der Waals surface area contributed by atoms with E-state index in [1.807, 2.05) is 7.05 Å². The van der Waals surface area contributed by atoms with Crippen LogP contribution in [0.15, 0.2) is 24.3 Å².